The van der Waals surface area contributed by atoms with E-state index in [0.29, 0.717) is 15.0 Å². The number of nitrogens with zero attached hydrogens (tertiary/aromatic N) is 2. The van der Waals surface area contributed by atoms with Crippen molar-refractivity contribution in [2.45, 2.75) is 0 Å². The summed E-state index contributed by atoms with van der Waals surface area (Å²) in [5, 5.41) is 2.48. The highest BCUT2D eigenvalue weighted by Crippen LogP contribution is 2.18. The molecule has 0 unspecified atom stereocenters. The van der Waals surface area contributed by atoms with Gasteiger partial charge in [-0.05, 0) is 31.9 Å². The standard InChI is InChI=1S/C6H6Br2N4O/c7-3-2-10-6(5(8)11-3)12-4(13)1-9/h2H,1,9H2,(H,10,12,13). The normalized spacial score (nSPS) is 9.77. The second kappa shape index (κ2) is 4.64. The summed E-state index contributed by atoms with van der Waals surface area (Å²) in [5.41, 5.74) is 5.12. The Balaban J connectivity index is 2.83. The van der Waals surface area contributed by atoms with E-state index in [1.54, 1.807) is 0 Å². The molecule has 5 nitrogen and oxygen atoms in total. The second-order valence-electron chi connectivity index (χ2n) is 2.08. The van der Waals surface area contributed by atoms with Gasteiger partial charge >= 0.3 is 0 Å². The first kappa shape index (κ1) is 10.6. The van der Waals surface area contributed by atoms with Gasteiger partial charge in [0.2, 0.25) is 5.91 Å². The van der Waals surface area contributed by atoms with Crippen LogP contribution in [0.15, 0.2) is 15.4 Å². The van der Waals surface area contributed by atoms with Crippen molar-refractivity contribution in [3.05, 3.63) is 15.4 Å². The van der Waals surface area contributed by atoms with E-state index in [0.717, 1.165) is 0 Å². The lowest BCUT2D eigenvalue weighted by Crippen LogP contribution is -2.22. The van der Waals surface area contributed by atoms with Crippen LogP contribution in [0.25, 0.3) is 0 Å². The third-order valence-corrected chi connectivity index (χ3v) is 2.08. The zero-order valence-corrected chi connectivity index (χ0v) is 9.59. The van der Waals surface area contributed by atoms with Crippen LogP contribution in [0.5, 0.6) is 0 Å². The molecule has 0 spiro atoms. The Morgan fingerprint density at radius 3 is 2.85 bits per heavy atom. The first-order valence-electron chi connectivity index (χ1n) is 3.31. The lowest BCUT2D eigenvalue weighted by Gasteiger charge is -2.03. The van der Waals surface area contributed by atoms with Gasteiger partial charge in [-0.1, -0.05) is 0 Å². The minimum absolute atomic E-state index is 0.0792. The molecule has 0 radical (unpaired) electrons. The average molecular weight is 310 g/mol. The van der Waals surface area contributed by atoms with E-state index in [1.807, 2.05) is 0 Å². The zero-order valence-electron chi connectivity index (χ0n) is 6.42. The van der Waals surface area contributed by atoms with Crippen molar-refractivity contribution in [2.24, 2.45) is 5.73 Å². The minimum atomic E-state index is -0.308. The molecule has 3 N–H and O–H groups in total. The van der Waals surface area contributed by atoms with Crippen LogP contribution in [-0.4, -0.2) is 22.4 Å². The molecule has 0 aromatic carbocycles. The summed E-state index contributed by atoms with van der Waals surface area (Å²) in [4.78, 5) is 18.8. The van der Waals surface area contributed by atoms with Gasteiger partial charge in [-0.2, -0.15) is 0 Å². The number of carbonyl (C=O) groups excluding carboxylic acids is 1. The second-order valence-corrected chi connectivity index (χ2v) is 3.65. The van der Waals surface area contributed by atoms with E-state index in [-0.39, 0.29) is 12.5 Å². The molecule has 0 saturated carbocycles. The monoisotopic (exact) mass is 308 g/mol. The summed E-state index contributed by atoms with van der Waals surface area (Å²) in [5.74, 6) is 0.0518. The summed E-state index contributed by atoms with van der Waals surface area (Å²) in [6, 6.07) is 0. The SMILES string of the molecule is NCC(=O)Nc1ncc(Br)nc1Br. The Labute approximate surface area is 91.4 Å². The largest absolute Gasteiger partial charge is 0.322 e. The maximum absolute atomic E-state index is 10.9. The Morgan fingerprint density at radius 1 is 1.62 bits per heavy atom. The molecule has 13 heavy (non-hydrogen) atoms. The number of nitrogens with two attached hydrogens (primary N) is 1. The lowest BCUT2D eigenvalue weighted by molar-refractivity contribution is -0.114. The van der Waals surface area contributed by atoms with E-state index in [2.05, 4.69) is 47.1 Å². The minimum Gasteiger partial charge on any atom is -0.322 e. The Morgan fingerprint density at radius 2 is 2.31 bits per heavy atom. The van der Waals surface area contributed by atoms with Gasteiger partial charge in [0, 0.05) is 0 Å². The van der Waals surface area contributed by atoms with Gasteiger partial charge in [0.1, 0.15) is 9.21 Å². The average Bonchev–Trinajstić information content (AvgIpc) is 2.09. The summed E-state index contributed by atoms with van der Waals surface area (Å²) in [6.45, 7) is -0.0792. The number of nitrogens with one attached hydrogen (secondary N) is 1. The summed E-state index contributed by atoms with van der Waals surface area (Å²) in [6.07, 6.45) is 1.48. The van der Waals surface area contributed by atoms with E-state index < -0.39 is 0 Å². The fraction of sp³-hybridized carbons (Fsp3) is 0.167. The third-order valence-electron chi connectivity index (χ3n) is 1.14. The lowest BCUT2D eigenvalue weighted by atomic mass is 10.5. The molecule has 7 heteroatoms. The highest BCUT2D eigenvalue weighted by molar-refractivity contribution is 9.11. The maximum Gasteiger partial charge on any atom is 0.239 e. The number of anilines is 1. The van der Waals surface area contributed by atoms with Crippen LogP contribution in [0, 0.1) is 0 Å². The van der Waals surface area contributed by atoms with Crippen molar-refractivity contribution >= 4 is 43.6 Å². The fourth-order valence-corrected chi connectivity index (χ4v) is 1.52. The molecule has 0 fully saturated rings. The molecule has 1 amide bonds. The van der Waals surface area contributed by atoms with Crippen LogP contribution in [0.3, 0.4) is 0 Å². The van der Waals surface area contributed by atoms with Gasteiger partial charge in [0.15, 0.2) is 5.82 Å². The number of halogens is 2. The number of amides is 1. The predicted octanol–water partition coefficient (Wildman–Crippen LogP) is 0.899. The van der Waals surface area contributed by atoms with Crippen molar-refractivity contribution in [2.75, 3.05) is 11.9 Å². The third kappa shape index (κ3) is 3.02. The molecule has 0 aliphatic carbocycles. The van der Waals surface area contributed by atoms with E-state index in [4.69, 9.17) is 5.73 Å². The fourth-order valence-electron chi connectivity index (χ4n) is 0.614. The van der Waals surface area contributed by atoms with Gasteiger partial charge in [-0.15, -0.1) is 0 Å². The number of hydrogen-bond acceptors (Lipinski definition) is 4. The molecule has 0 aliphatic rings. The molecule has 1 heterocycles. The first-order valence-corrected chi connectivity index (χ1v) is 4.90. The molecule has 70 valence electrons. The van der Waals surface area contributed by atoms with E-state index in [9.17, 15) is 4.79 Å². The molecule has 0 aliphatic heterocycles. The number of hydrogen-bond donors (Lipinski definition) is 2. The van der Waals surface area contributed by atoms with Gasteiger partial charge in [0.25, 0.3) is 0 Å². The Kier molecular flexibility index (Phi) is 3.76. The molecular weight excluding hydrogens is 304 g/mol. The van der Waals surface area contributed by atoms with E-state index >= 15 is 0 Å². The van der Waals surface area contributed by atoms with Crippen LogP contribution in [0.2, 0.25) is 0 Å². The van der Waals surface area contributed by atoms with Crippen LogP contribution in [0.1, 0.15) is 0 Å². The van der Waals surface area contributed by atoms with Gasteiger partial charge in [-0.3, -0.25) is 4.79 Å². The predicted molar refractivity (Wildman–Crippen MR) is 55.1 cm³/mol. The van der Waals surface area contributed by atoms with Crippen molar-refractivity contribution in [3.8, 4) is 0 Å². The quantitative estimate of drug-likeness (QED) is 0.850. The van der Waals surface area contributed by atoms with Gasteiger partial charge < -0.3 is 11.1 Å². The molecular formula is C6H6Br2N4O. The van der Waals surface area contributed by atoms with Crippen LogP contribution in [0.4, 0.5) is 5.82 Å². The number of carbonyl (C=O) groups is 1. The summed E-state index contributed by atoms with van der Waals surface area (Å²) >= 11 is 6.28. The number of aromatic nitrogens is 2. The van der Waals surface area contributed by atoms with Crippen LogP contribution in [-0.2, 0) is 4.79 Å². The smallest absolute Gasteiger partial charge is 0.239 e. The van der Waals surface area contributed by atoms with Crippen LogP contribution < -0.4 is 11.1 Å². The van der Waals surface area contributed by atoms with Gasteiger partial charge in [-0.25, -0.2) is 9.97 Å². The van der Waals surface area contributed by atoms with Gasteiger partial charge in [0.05, 0.1) is 12.7 Å². The van der Waals surface area contributed by atoms with Crippen molar-refractivity contribution in [1.82, 2.24) is 9.97 Å². The highest BCUT2D eigenvalue weighted by Gasteiger charge is 2.06. The van der Waals surface area contributed by atoms with Crippen LogP contribution >= 0.6 is 31.9 Å². The molecule has 1 aromatic rings. The highest BCUT2D eigenvalue weighted by atomic mass is 79.9. The molecule has 1 rings (SSSR count). The molecule has 0 bridgehead atoms. The Bertz CT molecular complexity index is 330. The molecule has 0 atom stereocenters. The summed E-state index contributed by atoms with van der Waals surface area (Å²) < 4.78 is 1.05. The molecule has 0 saturated heterocycles. The first-order chi connectivity index (χ1) is 6.13. The Hall–Kier alpha value is -0.530. The van der Waals surface area contributed by atoms with Crippen molar-refractivity contribution in [3.63, 3.8) is 0 Å². The topological polar surface area (TPSA) is 80.9 Å². The molecule has 1 aromatic heterocycles. The van der Waals surface area contributed by atoms with E-state index in [1.165, 1.54) is 6.20 Å². The maximum atomic E-state index is 10.9. The number of rotatable bonds is 2. The summed E-state index contributed by atoms with van der Waals surface area (Å²) in [7, 11) is 0. The zero-order chi connectivity index (χ0) is 9.84. The van der Waals surface area contributed by atoms with Crippen molar-refractivity contribution < 1.29 is 4.79 Å². The van der Waals surface area contributed by atoms with Crippen molar-refractivity contribution in [1.29, 1.82) is 0 Å².